The third-order valence-electron chi connectivity index (χ3n) is 4.93. The van der Waals surface area contributed by atoms with Crippen molar-refractivity contribution in [2.24, 2.45) is 17.8 Å². The number of ether oxygens (including phenoxy) is 2. The van der Waals surface area contributed by atoms with E-state index in [4.69, 9.17) is 14.7 Å². The predicted molar refractivity (Wildman–Crippen MR) is 78.7 cm³/mol. The quantitative estimate of drug-likeness (QED) is 0.748. The molecule has 2 rings (SSSR count). The standard InChI is InChI=1S/C16H24N2O4/c1-3-22-15(19)14-9-13-8-11(6-7-17)4-5-12(13)10-18(14)16(20)21-2/h11-14H,3-6,8-10H2,1-2H3/t11-,12+,13-,14-/m0/s1. The van der Waals surface area contributed by atoms with Gasteiger partial charge in [-0.05, 0) is 50.4 Å². The number of methoxy groups -OCH3 is 1. The molecule has 0 bridgehead atoms. The second-order valence-corrected chi connectivity index (χ2v) is 6.19. The number of esters is 1. The highest BCUT2D eigenvalue weighted by Gasteiger charge is 2.44. The third kappa shape index (κ3) is 3.52. The van der Waals surface area contributed by atoms with Gasteiger partial charge >= 0.3 is 12.1 Å². The number of fused-ring (bicyclic) bond motifs is 1. The van der Waals surface area contributed by atoms with Gasteiger partial charge in [-0.15, -0.1) is 0 Å². The largest absolute Gasteiger partial charge is 0.464 e. The SMILES string of the molecule is CCOC(=O)[C@@H]1C[C@@H]2C[C@H](CC#N)CC[C@@H]2CN1C(=O)OC. The maximum Gasteiger partial charge on any atom is 0.410 e. The molecule has 122 valence electrons. The van der Waals surface area contributed by atoms with Crippen LogP contribution in [0.3, 0.4) is 0 Å². The first kappa shape index (κ1) is 16.6. The van der Waals surface area contributed by atoms with Crippen LogP contribution < -0.4 is 0 Å². The number of hydrogen-bond donors (Lipinski definition) is 0. The summed E-state index contributed by atoms with van der Waals surface area (Å²) in [6.07, 6.45) is 3.71. The number of amides is 1. The number of carbonyl (C=O) groups is 2. The first-order valence-corrected chi connectivity index (χ1v) is 7.98. The van der Waals surface area contributed by atoms with Gasteiger partial charge < -0.3 is 9.47 Å². The molecule has 1 saturated heterocycles. The van der Waals surface area contributed by atoms with Gasteiger partial charge in [-0.25, -0.2) is 9.59 Å². The van der Waals surface area contributed by atoms with Gasteiger partial charge in [0.1, 0.15) is 6.04 Å². The fourth-order valence-corrected chi connectivity index (χ4v) is 3.84. The number of hydrogen-bond acceptors (Lipinski definition) is 5. The van der Waals surface area contributed by atoms with Crippen molar-refractivity contribution in [1.29, 1.82) is 5.26 Å². The van der Waals surface area contributed by atoms with E-state index in [1.807, 2.05) is 0 Å². The summed E-state index contributed by atoms with van der Waals surface area (Å²) < 4.78 is 9.94. The Morgan fingerprint density at radius 1 is 1.27 bits per heavy atom. The smallest absolute Gasteiger partial charge is 0.410 e. The fraction of sp³-hybridized carbons (Fsp3) is 0.812. The van der Waals surface area contributed by atoms with E-state index >= 15 is 0 Å². The van der Waals surface area contributed by atoms with Crippen LogP contribution in [0.1, 0.15) is 39.0 Å². The van der Waals surface area contributed by atoms with E-state index < -0.39 is 12.1 Å². The van der Waals surface area contributed by atoms with Crippen LogP contribution in [0.15, 0.2) is 0 Å². The van der Waals surface area contributed by atoms with Crippen LogP contribution >= 0.6 is 0 Å². The molecule has 1 aliphatic heterocycles. The summed E-state index contributed by atoms with van der Waals surface area (Å²) in [7, 11) is 1.33. The van der Waals surface area contributed by atoms with E-state index in [1.54, 1.807) is 6.92 Å². The topological polar surface area (TPSA) is 79.6 Å². The van der Waals surface area contributed by atoms with Gasteiger partial charge in [-0.2, -0.15) is 5.26 Å². The van der Waals surface area contributed by atoms with Gasteiger partial charge in [-0.1, -0.05) is 0 Å². The second kappa shape index (κ2) is 7.48. The van der Waals surface area contributed by atoms with Gasteiger partial charge in [0.15, 0.2) is 0 Å². The maximum atomic E-state index is 12.2. The van der Waals surface area contributed by atoms with Crippen LogP contribution in [0, 0.1) is 29.1 Å². The number of carbonyl (C=O) groups excluding carboxylic acids is 2. The minimum absolute atomic E-state index is 0.301. The van der Waals surface area contributed by atoms with Gasteiger partial charge in [-0.3, -0.25) is 4.90 Å². The summed E-state index contributed by atoms with van der Waals surface area (Å²) in [6, 6.07) is 1.69. The lowest BCUT2D eigenvalue weighted by molar-refractivity contribution is -0.152. The number of piperidine rings is 1. The highest BCUT2D eigenvalue weighted by molar-refractivity contribution is 5.81. The molecule has 0 aromatic rings. The van der Waals surface area contributed by atoms with Crippen molar-refractivity contribution >= 4 is 12.1 Å². The van der Waals surface area contributed by atoms with Crippen LogP contribution in [0.4, 0.5) is 4.79 Å². The molecular weight excluding hydrogens is 284 g/mol. The Bertz CT molecular complexity index is 460. The van der Waals surface area contributed by atoms with E-state index in [0.717, 1.165) is 19.3 Å². The summed E-state index contributed by atoms with van der Waals surface area (Å²) in [4.78, 5) is 25.7. The Hall–Kier alpha value is -1.77. The van der Waals surface area contributed by atoms with E-state index in [-0.39, 0.29) is 5.97 Å². The van der Waals surface area contributed by atoms with Crippen molar-refractivity contribution in [3.05, 3.63) is 0 Å². The first-order valence-electron chi connectivity index (χ1n) is 7.98. The van der Waals surface area contributed by atoms with Crippen LogP contribution in [0.5, 0.6) is 0 Å². The van der Waals surface area contributed by atoms with Crippen LogP contribution in [0.2, 0.25) is 0 Å². The van der Waals surface area contributed by atoms with Crippen LogP contribution in [0.25, 0.3) is 0 Å². The number of nitrogens with zero attached hydrogens (tertiary/aromatic N) is 2. The Kier molecular flexibility index (Phi) is 5.64. The third-order valence-corrected chi connectivity index (χ3v) is 4.93. The average molecular weight is 308 g/mol. The molecular formula is C16H24N2O4. The monoisotopic (exact) mass is 308 g/mol. The van der Waals surface area contributed by atoms with Gasteiger partial charge in [0.2, 0.25) is 0 Å². The summed E-state index contributed by atoms with van der Waals surface area (Å²) in [5.41, 5.74) is 0. The molecule has 1 amide bonds. The molecule has 0 spiro atoms. The zero-order valence-electron chi connectivity index (χ0n) is 13.3. The molecule has 2 fully saturated rings. The lowest BCUT2D eigenvalue weighted by Crippen LogP contribution is -2.55. The Morgan fingerprint density at radius 3 is 2.68 bits per heavy atom. The van der Waals surface area contributed by atoms with Gasteiger partial charge in [0.25, 0.3) is 0 Å². The summed E-state index contributed by atoms with van der Waals surface area (Å²) in [5.74, 6) is 0.828. The predicted octanol–water partition coefficient (Wildman–Crippen LogP) is 2.34. The number of rotatable bonds is 3. The average Bonchev–Trinajstić information content (AvgIpc) is 2.53. The molecule has 0 unspecified atom stereocenters. The Labute approximate surface area is 131 Å². The molecule has 1 aliphatic carbocycles. The molecule has 6 nitrogen and oxygen atoms in total. The van der Waals surface area contributed by atoms with E-state index in [0.29, 0.717) is 43.7 Å². The molecule has 22 heavy (non-hydrogen) atoms. The summed E-state index contributed by atoms with van der Waals surface area (Å²) >= 11 is 0. The highest BCUT2D eigenvalue weighted by Crippen LogP contribution is 2.42. The fourth-order valence-electron chi connectivity index (χ4n) is 3.84. The van der Waals surface area contributed by atoms with Crippen LogP contribution in [-0.2, 0) is 14.3 Å². The normalized spacial score (nSPS) is 30.9. The molecule has 0 aromatic carbocycles. The molecule has 6 heteroatoms. The highest BCUT2D eigenvalue weighted by atomic mass is 16.6. The Morgan fingerprint density at radius 2 is 2.05 bits per heavy atom. The zero-order valence-corrected chi connectivity index (χ0v) is 13.3. The molecule has 4 atom stereocenters. The van der Waals surface area contributed by atoms with Gasteiger partial charge in [0, 0.05) is 13.0 Å². The van der Waals surface area contributed by atoms with E-state index in [9.17, 15) is 9.59 Å². The van der Waals surface area contributed by atoms with Crippen molar-refractivity contribution < 1.29 is 19.1 Å². The lowest BCUT2D eigenvalue weighted by atomic mass is 9.68. The van der Waals surface area contributed by atoms with Crippen molar-refractivity contribution in [1.82, 2.24) is 4.90 Å². The van der Waals surface area contributed by atoms with Crippen molar-refractivity contribution in [3.8, 4) is 6.07 Å². The van der Waals surface area contributed by atoms with E-state index in [1.165, 1.54) is 12.0 Å². The molecule has 1 heterocycles. The molecule has 0 aromatic heterocycles. The minimum atomic E-state index is -0.561. The van der Waals surface area contributed by atoms with E-state index in [2.05, 4.69) is 6.07 Å². The summed E-state index contributed by atoms with van der Waals surface area (Å²) in [6.45, 7) is 2.60. The molecule has 0 radical (unpaired) electrons. The zero-order chi connectivity index (χ0) is 16.1. The maximum absolute atomic E-state index is 12.2. The number of likely N-dealkylation sites (tertiary alicyclic amines) is 1. The summed E-state index contributed by atoms with van der Waals surface area (Å²) in [5, 5.41) is 8.88. The molecule has 1 saturated carbocycles. The molecule has 2 aliphatic rings. The minimum Gasteiger partial charge on any atom is -0.464 e. The van der Waals surface area contributed by atoms with Crippen LogP contribution in [-0.4, -0.2) is 43.3 Å². The van der Waals surface area contributed by atoms with Gasteiger partial charge in [0.05, 0.1) is 19.8 Å². The molecule has 0 N–H and O–H groups in total. The van der Waals surface area contributed by atoms with Crippen molar-refractivity contribution in [3.63, 3.8) is 0 Å². The Balaban J connectivity index is 2.10. The van der Waals surface area contributed by atoms with Crippen molar-refractivity contribution in [2.45, 2.75) is 45.1 Å². The van der Waals surface area contributed by atoms with Crippen molar-refractivity contribution in [2.75, 3.05) is 20.3 Å². The lowest BCUT2D eigenvalue weighted by Gasteiger charge is -2.45. The first-order chi connectivity index (χ1) is 10.6. The number of nitriles is 1. The second-order valence-electron chi connectivity index (χ2n) is 6.19.